The molecule has 3 heteroatoms. The lowest BCUT2D eigenvalue weighted by molar-refractivity contribution is 0.0605. The molecule has 0 amide bonds. The number of hydrogen-bond donors (Lipinski definition) is 0. The Bertz CT molecular complexity index is 435. The molecule has 1 aromatic carbocycles. The molecule has 2 nitrogen and oxygen atoms in total. The maximum absolute atomic E-state index is 13.2. The number of piperazine rings is 1. The molecule has 2 aliphatic heterocycles. The van der Waals surface area contributed by atoms with Crippen LogP contribution in [0.25, 0.3) is 0 Å². The fourth-order valence-electron chi connectivity index (χ4n) is 3.52. The Balaban J connectivity index is 1.57. The van der Waals surface area contributed by atoms with E-state index in [1.165, 1.54) is 38.5 Å². The Labute approximate surface area is 115 Å². The Morgan fingerprint density at radius 2 is 2.21 bits per heavy atom. The molecule has 2 fully saturated rings. The molecule has 1 aromatic rings. The molecular formula is C16H23FN2. The summed E-state index contributed by atoms with van der Waals surface area (Å²) in [6.45, 7) is 7.05. The summed E-state index contributed by atoms with van der Waals surface area (Å²) >= 11 is 0. The monoisotopic (exact) mass is 262 g/mol. The second-order valence-electron chi connectivity index (χ2n) is 6.01. The molecule has 2 saturated heterocycles. The van der Waals surface area contributed by atoms with Crippen molar-refractivity contribution < 1.29 is 4.39 Å². The molecule has 0 spiro atoms. The summed E-state index contributed by atoms with van der Waals surface area (Å²) in [5.41, 5.74) is 1.11. The van der Waals surface area contributed by atoms with Gasteiger partial charge >= 0.3 is 0 Å². The SMILES string of the molecule is CC1CN2CCCC2CN1CCc1cccc(F)c1. The fourth-order valence-corrected chi connectivity index (χ4v) is 3.52. The molecule has 0 aromatic heterocycles. The molecule has 3 rings (SSSR count). The van der Waals surface area contributed by atoms with E-state index in [1.54, 1.807) is 6.07 Å². The highest BCUT2D eigenvalue weighted by Crippen LogP contribution is 2.24. The summed E-state index contributed by atoms with van der Waals surface area (Å²) in [6.07, 6.45) is 3.66. The van der Waals surface area contributed by atoms with Gasteiger partial charge in [0.2, 0.25) is 0 Å². The number of nitrogens with zero attached hydrogens (tertiary/aromatic N) is 2. The third-order valence-corrected chi connectivity index (χ3v) is 4.64. The van der Waals surface area contributed by atoms with Crippen LogP contribution < -0.4 is 0 Å². The van der Waals surface area contributed by atoms with E-state index in [2.05, 4.69) is 16.7 Å². The summed E-state index contributed by atoms with van der Waals surface area (Å²) < 4.78 is 13.2. The Morgan fingerprint density at radius 1 is 1.32 bits per heavy atom. The van der Waals surface area contributed by atoms with Gasteiger partial charge in [-0.1, -0.05) is 12.1 Å². The maximum Gasteiger partial charge on any atom is 0.123 e. The number of fused-ring (bicyclic) bond motifs is 1. The van der Waals surface area contributed by atoms with Gasteiger partial charge in [-0.15, -0.1) is 0 Å². The van der Waals surface area contributed by atoms with E-state index in [4.69, 9.17) is 0 Å². The summed E-state index contributed by atoms with van der Waals surface area (Å²) in [4.78, 5) is 5.22. The first-order chi connectivity index (χ1) is 9.22. The molecule has 104 valence electrons. The predicted molar refractivity (Wildman–Crippen MR) is 75.7 cm³/mol. The minimum atomic E-state index is -0.119. The van der Waals surface area contributed by atoms with Crippen molar-refractivity contribution in [2.75, 3.05) is 26.2 Å². The lowest BCUT2D eigenvalue weighted by Crippen LogP contribution is -2.55. The number of benzene rings is 1. The number of halogens is 1. The van der Waals surface area contributed by atoms with Gasteiger partial charge in [-0.25, -0.2) is 4.39 Å². The standard InChI is InChI=1S/C16H23FN2/c1-13-11-19-8-3-6-16(19)12-18(13)9-7-14-4-2-5-15(17)10-14/h2,4-5,10,13,16H,3,6-9,11-12H2,1H3. The zero-order valence-electron chi connectivity index (χ0n) is 11.7. The van der Waals surface area contributed by atoms with Gasteiger partial charge in [0, 0.05) is 31.7 Å². The van der Waals surface area contributed by atoms with E-state index >= 15 is 0 Å². The normalized spacial score (nSPS) is 28.5. The largest absolute Gasteiger partial charge is 0.298 e. The zero-order chi connectivity index (χ0) is 13.2. The van der Waals surface area contributed by atoms with Crippen LogP contribution in [-0.4, -0.2) is 48.1 Å². The highest BCUT2D eigenvalue weighted by molar-refractivity contribution is 5.16. The zero-order valence-corrected chi connectivity index (χ0v) is 11.7. The summed E-state index contributed by atoms with van der Waals surface area (Å²) in [7, 11) is 0. The first-order valence-electron chi connectivity index (χ1n) is 7.45. The van der Waals surface area contributed by atoms with Gasteiger partial charge in [-0.2, -0.15) is 0 Å². The van der Waals surface area contributed by atoms with Crippen molar-refractivity contribution in [2.24, 2.45) is 0 Å². The molecule has 0 aliphatic carbocycles. The van der Waals surface area contributed by atoms with Gasteiger partial charge in [-0.05, 0) is 50.4 Å². The third kappa shape index (κ3) is 2.98. The average molecular weight is 262 g/mol. The van der Waals surface area contributed by atoms with Crippen LogP contribution in [0, 0.1) is 5.82 Å². The lowest BCUT2D eigenvalue weighted by atomic mass is 10.1. The third-order valence-electron chi connectivity index (χ3n) is 4.64. The van der Waals surface area contributed by atoms with Crippen LogP contribution in [0.5, 0.6) is 0 Å². The smallest absolute Gasteiger partial charge is 0.123 e. The molecule has 0 radical (unpaired) electrons. The van der Waals surface area contributed by atoms with E-state index in [9.17, 15) is 4.39 Å². The Kier molecular flexibility index (Phi) is 3.85. The Morgan fingerprint density at radius 3 is 3.05 bits per heavy atom. The van der Waals surface area contributed by atoms with Crippen molar-refractivity contribution in [1.82, 2.24) is 9.80 Å². The topological polar surface area (TPSA) is 6.48 Å². The maximum atomic E-state index is 13.2. The summed E-state index contributed by atoms with van der Waals surface area (Å²) in [5.74, 6) is -0.119. The van der Waals surface area contributed by atoms with Gasteiger partial charge in [0.25, 0.3) is 0 Å². The molecule has 0 bridgehead atoms. The van der Waals surface area contributed by atoms with Crippen molar-refractivity contribution in [2.45, 2.75) is 38.3 Å². The van der Waals surface area contributed by atoms with E-state index in [1.807, 2.05) is 12.1 Å². The second-order valence-corrected chi connectivity index (χ2v) is 6.01. The van der Waals surface area contributed by atoms with E-state index in [-0.39, 0.29) is 5.82 Å². The second kappa shape index (κ2) is 5.59. The van der Waals surface area contributed by atoms with E-state index in [0.29, 0.717) is 6.04 Å². The van der Waals surface area contributed by atoms with E-state index in [0.717, 1.165) is 24.6 Å². The molecule has 2 aliphatic rings. The van der Waals surface area contributed by atoms with Gasteiger partial charge in [-0.3, -0.25) is 9.80 Å². The van der Waals surface area contributed by atoms with Crippen molar-refractivity contribution in [3.63, 3.8) is 0 Å². The van der Waals surface area contributed by atoms with Crippen LogP contribution in [0.15, 0.2) is 24.3 Å². The van der Waals surface area contributed by atoms with Crippen LogP contribution in [0.3, 0.4) is 0 Å². The molecule has 2 unspecified atom stereocenters. The Hall–Kier alpha value is -0.930. The predicted octanol–water partition coefficient (Wildman–Crippen LogP) is 2.54. The van der Waals surface area contributed by atoms with Gasteiger partial charge in [0.1, 0.15) is 5.82 Å². The molecule has 2 heterocycles. The lowest BCUT2D eigenvalue weighted by Gasteiger charge is -2.42. The minimum Gasteiger partial charge on any atom is -0.298 e. The van der Waals surface area contributed by atoms with Crippen LogP contribution >= 0.6 is 0 Å². The number of rotatable bonds is 3. The summed E-state index contributed by atoms with van der Waals surface area (Å²) in [6, 6.07) is 8.41. The van der Waals surface area contributed by atoms with Crippen molar-refractivity contribution in [3.8, 4) is 0 Å². The van der Waals surface area contributed by atoms with Crippen molar-refractivity contribution in [1.29, 1.82) is 0 Å². The van der Waals surface area contributed by atoms with Crippen LogP contribution in [-0.2, 0) is 6.42 Å². The molecule has 19 heavy (non-hydrogen) atoms. The molecular weight excluding hydrogens is 239 g/mol. The highest BCUT2D eigenvalue weighted by atomic mass is 19.1. The van der Waals surface area contributed by atoms with Crippen LogP contribution in [0.2, 0.25) is 0 Å². The molecule has 2 atom stereocenters. The highest BCUT2D eigenvalue weighted by Gasteiger charge is 2.33. The fraction of sp³-hybridized carbons (Fsp3) is 0.625. The molecule has 0 N–H and O–H groups in total. The van der Waals surface area contributed by atoms with Gasteiger partial charge in [0.15, 0.2) is 0 Å². The average Bonchev–Trinajstić information content (AvgIpc) is 2.83. The first kappa shape index (κ1) is 13.1. The van der Waals surface area contributed by atoms with Crippen LogP contribution in [0.4, 0.5) is 4.39 Å². The minimum absolute atomic E-state index is 0.119. The van der Waals surface area contributed by atoms with Crippen molar-refractivity contribution >= 4 is 0 Å². The summed E-state index contributed by atoms with van der Waals surface area (Å²) in [5, 5.41) is 0. The van der Waals surface area contributed by atoms with Crippen molar-refractivity contribution in [3.05, 3.63) is 35.6 Å². The van der Waals surface area contributed by atoms with Gasteiger partial charge in [0.05, 0.1) is 0 Å². The van der Waals surface area contributed by atoms with Crippen LogP contribution in [0.1, 0.15) is 25.3 Å². The molecule has 0 saturated carbocycles. The van der Waals surface area contributed by atoms with E-state index < -0.39 is 0 Å². The number of hydrogen-bond acceptors (Lipinski definition) is 2. The van der Waals surface area contributed by atoms with Gasteiger partial charge < -0.3 is 0 Å². The first-order valence-corrected chi connectivity index (χ1v) is 7.45. The quantitative estimate of drug-likeness (QED) is 0.826.